The van der Waals surface area contributed by atoms with Crippen LogP contribution >= 0.6 is 11.8 Å². The zero-order valence-corrected chi connectivity index (χ0v) is 11.8. The Labute approximate surface area is 105 Å². The third kappa shape index (κ3) is 5.37. The average Bonchev–Trinajstić information content (AvgIpc) is 2.16. The molecule has 0 radical (unpaired) electrons. The Bertz CT molecular complexity index is 208. The van der Waals surface area contributed by atoms with E-state index in [-0.39, 0.29) is 0 Å². The van der Waals surface area contributed by atoms with E-state index in [1.165, 1.54) is 25.1 Å². The van der Waals surface area contributed by atoms with Crippen molar-refractivity contribution >= 4 is 11.8 Å². The van der Waals surface area contributed by atoms with Crippen molar-refractivity contribution in [2.24, 2.45) is 0 Å². The highest BCUT2D eigenvalue weighted by atomic mass is 32.2. The van der Waals surface area contributed by atoms with Gasteiger partial charge in [-0.25, -0.2) is 0 Å². The van der Waals surface area contributed by atoms with Crippen molar-refractivity contribution in [3.8, 4) is 0 Å². The summed E-state index contributed by atoms with van der Waals surface area (Å²) in [5.41, 5.74) is 1.32. The van der Waals surface area contributed by atoms with Crippen LogP contribution < -0.4 is 5.32 Å². The van der Waals surface area contributed by atoms with E-state index >= 15 is 0 Å². The van der Waals surface area contributed by atoms with E-state index in [1.54, 1.807) is 0 Å². The smallest absolute Gasteiger partial charge is 0.0203 e. The van der Waals surface area contributed by atoms with Crippen LogP contribution in [-0.2, 0) is 0 Å². The van der Waals surface area contributed by atoms with Gasteiger partial charge in [-0.2, -0.15) is 11.8 Å². The maximum atomic E-state index is 4.16. The molecule has 0 aromatic carbocycles. The molecule has 0 spiro atoms. The lowest BCUT2D eigenvalue weighted by Gasteiger charge is -2.35. The predicted octanol–water partition coefficient (Wildman–Crippen LogP) is 2.37. The summed E-state index contributed by atoms with van der Waals surface area (Å²) in [6.45, 7) is 16.6. The first kappa shape index (κ1) is 14.1. The molecule has 16 heavy (non-hydrogen) atoms. The Balaban J connectivity index is 2.22. The van der Waals surface area contributed by atoms with Gasteiger partial charge in [0.05, 0.1) is 0 Å². The van der Waals surface area contributed by atoms with Crippen LogP contribution in [0.3, 0.4) is 0 Å². The standard InChI is InChI=1S/C13H26N2S/c1-5-6-14-7-11(2)8-15-9-12(3)16-13(4)10-15/h12-14H,2,5-10H2,1,3-4H3. The highest BCUT2D eigenvalue weighted by Gasteiger charge is 2.22. The lowest BCUT2D eigenvalue weighted by molar-refractivity contribution is 0.291. The number of hydrogen-bond acceptors (Lipinski definition) is 3. The van der Waals surface area contributed by atoms with E-state index in [9.17, 15) is 0 Å². The van der Waals surface area contributed by atoms with Crippen molar-refractivity contribution in [1.82, 2.24) is 10.2 Å². The molecule has 2 nitrogen and oxygen atoms in total. The fourth-order valence-electron chi connectivity index (χ4n) is 2.23. The van der Waals surface area contributed by atoms with Crippen LogP contribution in [0.2, 0.25) is 0 Å². The second-order valence-corrected chi connectivity index (χ2v) is 6.76. The molecule has 0 aromatic rings. The summed E-state index contributed by atoms with van der Waals surface area (Å²) in [5.74, 6) is 0. The molecule has 1 aliphatic rings. The fourth-order valence-corrected chi connectivity index (χ4v) is 3.61. The van der Waals surface area contributed by atoms with E-state index in [0.717, 1.165) is 30.1 Å². The molecule has 0 saturated carbocycles. The summed E-state index contributed by atoms with van der Waals surface area (Å²) in [6, 6.07) is 0. The van der Waals surface area contributed by atoms with Crippen LogP contribution in [-0.4, -0.2) is 48.1 Å². The first-order valence-electron chi connectivity index (χ1n) is 6.37. The van der Waals surface area contributed by atoms with Crippen molar-refractivity contribution in [2.75, 3.05) is 32.7 Å². The Kier molecular flexibility index (Phi) is 6.47. The van der Waals surface area contributed by atoms with Crippen LogP contribution in [0, 0.1) is 0 Å². The molecule has 0 amide bonds. The lowest BCUT2D eigenvalue weighted by Crippen LogP contribution is -2.42. The first-order valence-corrected chi connectivity index (χ1v) is 7.31. The monoisotopic (exact) mass is 242 g/mol. The van der Waals surface area contributed by atoms with Gasteiger partial charge in [-0.05, 0) is 18.5 Å². The minimum Gasteiger partial charge on any atom is -0.313 e. The van der Waals surface area contributed by atoms with Crippen molar-refractivity contribution in [1.29, 1.82) is 0 Å². The van der Waals surface area contributed by atoms with Gasteiger partial charge >= 0.3 is 0 Å². The Morgan fingerprint density at radius 1 is 1.38 bits per heavy atom. The van der Waals surface area contributed by atoms with E-state index < -0.39 is 0 Å². The van der Waals surface area contributed by atoms with Gasteiger partial charge in [0.25, 0.3) is 0 Å². The summed E-state index contributed by atoms with van der Waals surface area (Å²) in [7, 11) is 0. The topological polar surface area (TPSA) is 15.3 Å². The highest BCUT2D eigenvalue weighted by molar-refractivity contribution is 8.00. The molecule has 1 rings (SSSR count). The maximum Gasteiger partial charge on any atom is 0.0203 e. The van der Waals surface area contributed by atoms with Crippen LogP contribution in [0.5, 0.6) is 0 Å². The molecular formula is C13H26N2S. The SMILES string of the molecule is C=C(CNCCC)CN1CC(C)SC(C)C1. The minimum absolute atomic E-state index is 0.764. The van der Waals surface area contributed by atoms with E-state index in [0.29, 0.717) is 0 Å². The third-order valence-corrected chi connectivity index (χ3v) is 3.97. The highest BCUT2D eigenvalue weighted by Crippen LogP contribution is 2.24. The van der Waals surface area contributed by atoms with Crippen molar-refractivity contribution < 1.29 is 0 Å². The number of nitrogens with one attached hydrogen (secondary N) is 1. The number of nitrogens with zero attached hydrogens (tertiary/aromatic N) is 1. The molecule has 94 valence electrons. The van der Waals surface area contributed by atoms with Crippen LogP contribution in [0.1, 0.15) is 27.2 Å². The molecule has 1 N–H and O–H groups in total. The molecule has 1 aliphatic heterocycles. The molecule has 0 bridgehead atoms. The molecule has 0 aromatic heterocycles. The Morgan fingerprint density at radius 3 is 2.56 bits per heavy atom. The summed E-state index contributed by atoms with van der Waals surface area (Å²) in [6.07, 6.45) is 1.20. The zero-order chi connectivity index (χ0) is 12.0. The minimum atomic E-state index is 0.764. The van der Waals surface area contributed by atoms with Gasteiger partial charge in [-0.15, -0.1) is 0 Å². The maximum absolute atomic E-state index is 4.16. The fraction of sp³-hybridized carbons (Fsp3) is 0.846. The quantitative estimate of drug-likeness (QED) is 0.569. The zero-order valence-electron chi connectivity index (χ0n) is 11.0. The summed E-state index contributed by atoms with van der Waals surface area (Å²) >= 11 is 2.11. The Hall–Kier alpha value is 0.0100. The molecule has 1 saturated heterocycles. The normalized spacial score (nSPS) is 26.9. The van der Waals surface area contributed by atoms with E-state index in [4.69, 9.17) is 0 Å². The first-order chi connectivity index (χ1) is 7.61. The summed E-state index contributed by atoms with van der Waals surface area (Å²) in [5, 5.41) is 4.94. The molecule has 2 unspecified atom stereocenters. The number of thioether (sulfide) groups is 1. The van der Waals surface area contributed by atoms with Crippen LogP contribution in [0.4, 0.5) is 0 Å². The molecule has 3 heteroatoms. The summed E-state index contributed by atoms with van der Waals surface area (Å²) < 4.78 is 0. The van der Waals surface area contributed by atoms with E-state index in [2.05, 4.69) is 49.3 Å². The van der Waals surface area contributed by atoms with Crippen molar-refractivity contribution in [3.63, 3.8) is 0 Å². The second kappa shape index (κ2) is 7.36. The van der Waals surface area contributed by atoms with Crippen LogP contribution in [0.15, 0.2) is 12.2 Å². The molecule has 2 atom stereocenters. The van der Waals surface area contributed by atoms with Gasteiger partial charge in [0, 0.05) is 36.7 Å². The van der Waals surface area contributed by atoms with Crippen molar-refractivity contribution in [2.45, 2.75) is 37.7 Å². The average molecular weight is 242 g/mol. The number of rotatable bonds is 6. The third-order valence-electron chi connectivity index (χ3n) is 2.74. The molecular weight excluding hydrogens is 216 g/mol. The van der Waals surface area contributed by atoms with E-state index in [1.807, 2.05) is 0 Å². The van der Waals surface area contributed by atoms with Gasteiger partial charge in [0.2, 0.25) is 0 Å². The van der Waals surface area contributed by atoms with Gasteiger partial charge < -0.3 is 5.32 Å². The number of hydrogen-bond donors (Lipinski definition) is 1. The van der Waals surface area contributed by atoms with Gasteiger partial charge in [-0.3, -0.25) is 4.90 Å². The van der Waals surface area contributed by atoms with Gasteiger partial charge in [0.15, 0.2) is 0 Å². The molecule has 0 aliphatic carbocycles. The molecule has 1 fully saturated rings. The summed E-state index contributed by atoms with van der Waals surface area (Å²) in [4.78, 5) is 2.54. The van der Waals surface area contributed by atoms with Crippen molar-refractivity contribution in [3.05, 3.63) is 12.2 Å². The lowest BCUT2D eigenvalue weighted by atomic mass is 10.2. The second-order valence-electron chi connectivity index (χ2n) is 4.88. The predicted molar refractivity (Wildman–Crippen MR) is 75.3 cm³/mol. The molecule has 1 heterocycles. The largest absolute Gasteiger partial charge is 0.313 e. The van der Waals surface area contributed by atoms with Crippen LogP contribution in [0.25, 0.3) is 0 Å². The van der Waals surface area contributed by atoms with Gasteiger partial charge in [-0.1, -0.05) is 27.4 Å². The Morgan fingerprint density at radius 2 is 2.00 bits per heavy atom. The van der Waals surface area contributed by atoms with Gasteiger partial charge in [0.1, 0.15) is 0 Å².